The molecule has 2 rings (SSSR count). The summed E-state index contributed by atoms with van der Waals surface area (Å²) in [4.78, 5) is 12.1. The number of benzene rings is 2. The number of ether oxygens (including phenoxy) is 1. The van der Waals surface area contributed by atoms with Gasteiger partial charge in [-0.2, -0.15) is 0 Å². The number of carbonyl (C=O) groups excluding carboxylic acids is 1. The van der Waals surface area contributed by atoms with Crippen molar-refractivity contribution in [1.29, 1.82) is 0 Å². The van der Waals surface area contributed by atoms with E-state index in [4.69, 9.17) is 4.74 Å². The summed E-state index contributed by atoms with van der Waals surface area (Å²) in [5, 5.41) is 3.05. The van der Waals surface area contributed by atoms with Crippen LogP contribution in [-0.4, -0.2) is 12.5 Å². The van der Waals surface area contributed by atoms with Crippen molar-refractivity contribution in [3.63, 3.8) is 0 Å². The Kier molecular flexibility index (Phi) is 6.21. The number of rotatable bonds is 7. The van der Waals surface area contributed by atoms with Crippen molar-refractivity contribution in [3.05, 3.63) is 65.2 Å². The highest BCUT2D eigenvalue weighted by atomic mass is 16.5. The molecule has 0 fully saturated rings. The third-order valence-corrected chi connectivity index (χ3v) is 3.83. The van der Waals surface area contributed by atoms with E-state index in [2.05, 4.69) is 36.5 Å². The third-order valence-electron chi connectivity index (χ3n) is 3.83. The maximum Gasteiger partial charge on any atom is 0.220 e. The summed E-state index contributed by atoms with van der Waals surface area (Å²) in [6, 6.07) is 16.2. The maximum atomic E-state index is 12.1. The smallest absolute Gasteiger partial charge is 0.220 e. The lowest BCUT2D eigenvalue weighted by Gasteiger charge is -2.14. The molecule has 0 bridgehead atoms. The lowest BCUT2D eigenvalue weighted by atomic mass is 10.1. The van der Waals surface area contributed by atoms with Crippen molar-refractivity contribution < 1.29 is 9.53 Å². The zero-order valence-electron chi connectivity index (χ0n) is 14.1. The zero-order chi connectivity index (χ0) is 16.7. The molecule has 0 saturated carbocycles. The fourth-order valence-electron chi connectivity index (χ4n) is 2.43. The van der Waals surface area contributed by atoms with Gasteiger partial charge in [0.1, 0.15) is 5.75 Å². The van der Waals surface area contributed by atoms with Gasteiger partial charge < -0.3 is 10.1 Å². The number of aryl methyl sites for hydroxylation is 2. The highest BCUT2D eigenvalue weighted by Crippen LogP contribution is 2.15. The summed E-state index contributed by atoms with van der Waals surface area (Å²) in [6.45, 7) is 6.70. The van der Waals surface area contributed by atoms with Crippen LogP contribution in [0.1, 0.15) is 43.0 Å². The van der Waals surface area contributed by atoms with Gasteiger partial charge >= 0.3 is 0 Å². The zero-order valence-corrected chi connectivity index (χ0v) is 14.1. The number of hydrogen-bond donors (Lipinski definition) is 1. The first kappa shape index (κ1) is 17.1. The number of nitrogens with one attached hydrogen (secondary N) is 1. The number of carbonyl (C=O) groups is 1. The molecule has 0 aromatic heterocycles. The first-order valence-corrected chi connectivity index (χ1v) is 8.16. The fraction of sp³-hybridized carbons (Fsp3) is 0.350. The molecule has 2 aromatic carbocycles. The summed E-state index contributed by atoms with van der Waals surface area (Å²) in [5.74, 6) is 0.945. The molecule has 1 amide bonds. The van der Waals surface area contributed by atoms with E-state index in [1.54, 1.807) is 0 Å². The molecule has 1 N–H and O–H groups in total. The molecule has 2 aromatic rings. The van der Waals surface area contributed by atoms with Gasteiger partial charge in [0.25, 0.3) is 0 Å². The van der Waals surface area contributed by atoms with Crippen LogP contribution in [0.25, 0.3) is 0 Å². The summed E-state index contributed by atoms with van der Waals surface area (Å²) >= 11 is 0. The highest BCUT2D eigenvalue weighted by Gasteiger charge is 2.09. The minimum absolute atomic E-state index is 0.0310. The second-order valence-corrected chi connectivity index (χ2v) is 5.78. The molecule has 1 atom stereocenters. The van der Waals surface area contributed by atoms with Crippen LogP contribution in [0.15, 0.2) is 48.5 Å². The first-order chi connectivity index (χ1) is 11.1. The van der Waals surface area contributed by atoms with Crippen molar-refractivity contribution in [3.8, 4) is 5.75 Å². The van der Waals surface area contributed by atoms with Crippen molar-refractivity contribution in [2.45, 2.75) is 39.7 Å². The van der Waals surface area contributed by atoms with E-state index in [1.165, 1.54) is 5.56 Å². The Labute approximate surface area is 138 Å². The van der Waals surface area contributed by atoms with E-state index in [1.807, 2.05) is 38.1 Å². The summed E-state index contributed by atoms with van der Waals surface area (Å²) in [7, 11) is 0. The Balaban J connectivity index is 1.81. The molecular weight excluding hydrogens is 286 g/mol. The van der Waals surface area contributed by atoms with Gasteiger partial charge in [-0.15, -0.1) is 0 Å². The van der Waals surface area contributed by atoms with E-state index in [0.29, 0.717) is 13.0 Å². The molecular formula is C20H25NO2. The molecule has 3 nitrogen and oxygen atoms in total. The van der Waals surface area contributed by atoms with Crippen LogP contribution in [0.2, 0.25) is 0 Å². The van der Waals surface area contributed by atoms with Crippen LogP contribution in [0.4, 0.5) is 0 Å². The van der Waals surface area contributed by atoms with Gasteiger partial charge in [0, 0.05) is 6.42 Å². The Morgan fingerprint density at radius 2 is 1.74 bits per heavy atom. The van der Waals surface area contributed by atoms with Crippen LogP contribution in [0.3, 0.4) is 0 Å². The molecule has 0 aliphatic rings. The molecule has 0 saturated heterocycles. The average Bonchev–Trinajstić information content (AvgIpc) is 2.55. The monoisotopic (exact) mass is 311 g/mol. The molecule has 0 aliphatic carbocycles. The van der Waals surface area contributed by atoms with E-state index in [-0.39, 0.29) is 11.9 Å². The topological polar surface area (TPSA) is 38.3 Å². The van der Waals surface area contributed by atoms with Crippen LogP contribution in [-0.2, 0) is 11.2 Å². The normalized spacial score (nSPS) is 11.8. The van der Waals surface area contributed by atoms with Crippen molar-refractivity contribution in [2.75, 3.05) is 6.61 Å². The van der Waals surface area contributed by atoms with Crippen LogP contribution in [0.5, 0.6) is 5.75 Å². The Morgan fingerprint density at radius 3 is 2.35 bits per heavy atom. The second kappa shape index (κ2) is 8.37. The molecule has 1 unspecified atom stereocenters. The largest absolute Gasteiger partial charge is 0.494 e. The Hall–Kier alpha value is -2.29. The van der Waals surface area contributed by atoms with Crippen LogP contribution < -0.4 is 10.1 Å². The second-order valence-electron chi connectivity index (χ2n) is 5.78. The number of amides is 1. The van der Waals surface area contributed by atoms with Gasteiger partial charge in [-0.1, -0.05) is 42.0 Å². The van der Waals surface area contributed by atoms with E-state index >= 15 is 0 Å². The quantitative estimate of drug-likeness (QED) is 0.832. The standard InChI is InChI=1S/C20H25NO2/c1-4-23-19-12-7-17(8-13-19)9-14-20(22)21-16(3)18-10-5-15(2)6-11-18/h5-8,10-13,16H,4,9,14H2,1-3H3,(H,21,22). The van der Waals surface area contributed by atoms with Crippen LogP contribution >= 0.6 is 0 Å². The average molecular weight is 311 g/mol. The van der Waals surface area contributed by atoms with Gasteiger partial charge in [-0.05, 0) is 50.5 Å². The molecule has 0 radical (unpaired) electrons. The predicted molar refractivity (Wildman–Crippen MR) is 93.7 cm³/mol. The fourth-order valence-corrected chi connectivity index (χ4v) is 2.43. The SMILES string of the molecule is CCOc1ccc(CCC(=O)NC(C)c2ccc(C)cc2)cc1. The Morgan fingerprint density at radius 1 is 1.09 bits per heavy atom. The molecule has 122 valence electrons. The van der Waals surface area contributed by atoms with Gasteiger partial charge in [-0.3, -0.25) is 4.79 Å². The van der Waals surface area contributed by atoms with Gasteiger partial charge in [0.15, 0.2) is 0 Å². The number of hydrogen-bond acceptors (Lipinski definition) is 2. The third kappa shape index (κ3) is 5.44. The molecule has 23 heavy (non-hydrogen) atoms. The summed E-state index contributed by atoms with van der Waals surface area (Å²) in [5.41, 5.74) is 3.50. The van der Waals surface area contributed by atoms with Crippen LogP contribution in [0, 0.1) is 6.92 Å². The molecule has 0 spiro atoms. The van der Waals surface area contributed by atoms with Gasteiger partial charge in [-0.25, -0.2) is 0 Å². The van der Waals surface area contributed by atoms with Gasteiger partial charge in [0.2, 0.25) is 5.91 Å². The highest BCUT2D eigenvalue weighted by molar-refractivity contribution is 5.76. The molecule has 0 heterocycles. The summed E-state index contributed by atoms with van der Waals surface area (Å²) < 4.78 is 5.42. The lowest BCUT2D eigenvalue weighted by molar-refractivity contribution is -0.121. The minimum Gasteiger partial charge on any atom is -0.494 e. The minimum atomic E-state index is 0.0310. The maximum absolute atomic E-state index is 12.1. The van der Waals surface area contributed by atoms with Gasteiger partial charge in [0.05, 0.1) is 12.6 Å². The predicted octanol–water partition coefficient (Wildman–Crippen LogP) is 4.20. The first-order valence-electron chi connectivity index (χ1n) is 8.16. The van der Waals surface area contributed by atoms with E-state index < -0.39 is 0 Å². The molecule has 3 heteroatoms. The lowest BCUT2D eigenvalue weighted by Crippen LogP contribution is -2.26. The summed E-state index contributed by atoms with van der Waals surface area (Å²) in [6.07, 6.45) is 1.23. The molecule has 0 aliphatic heterocycles. The van der Waals surface area contributed by atoms with Crippen molar-refractivity contribution >= 4 is 5.91 Å². The van der Waals surface area contributed by atoms with E-state index in [0.717, 1.165) is 23.3 Å². The van der Waals surface area contributed by atoms with Crippen molar-refractivity contribution in [2.24, 2.45) is 0 Å². The Bertz CT molecular complexity index is 617. The van der Waals surface area contributed by atoms with Crippen molar-refractivity contribution in [1.82, 2.24) is 5.32 Å². The van der Waals surface area contributed by atoms with E-state index in [9.17, 15) is 4.79 Å².